The Morgan fingerprint density at radius 2 is 1.52 bits per heavy atom. The van der Waals surface area contributed by atoms with Crippen LogP contribution in [0.15, 0.2) is 42.5 Å². The monoisotopic (exact) mass is 474 g/mol. The van der Waals surface area contributed by atoms with Crippen molar-refractivity contribution >= 4 is 28.4 Å². The summed E-state index contributed by atoms with van der Waals surface area (Å²) in [6.07, 6.45) is 2.80. The molecular weight excluding hydrogens is 446 g/mol. The number of hydrogen-bond donors (Lipinski definition) is 0. The Morgan fingerprint density at radius 3 is 2.07 bits per heavy atom. The van der Waals surface area contributed by atoms with Crippen molar-refractivity contribution in [2.24, 2.45) is 0 Å². The molecular formula is C22H28ILiO3. The average Bonchev–Trinajstić information content (AvgIpc) is 2.89. The summed E-state index contributed by atoms with van der Waals surface area (Å²) >= 11 is 2.15. The summed E-state index contributed by atoms with van der Waals surface area (Å²) < 4.78 is 10.5. The number of fused-ring (bicyclic) bond motifs is 1. The second-order valence-corrected chi connectivity index (χ2v) is 5.61. The molecule has 0 aromatic heterocycles. The van der Waals surface area contributed by atoms with Gasteiger partial charge in [-0.3, -0.25) is 4.79 Å². The van der Waals surface area contributed by atoms with Gasteiger partial charge in [0.2, 0.25) is 0 Å². The third kappa shape index (κ3) is 6.85. The van der Waals surface area contributed by atoms with E-state index >= 15 is 0 Å². The van der Waals surface area contributed by atoms with Crippen LogP contribution in [0.5, 0.6) is 11.5 Å². The van der Waals surface area contributed by atoms with Crippen LogP contribution in [0, 0.1) is 6.92 Å². The molecule has 0 amide bonds. The van der Waals surface area contributed by atoms with E-state index in [2.05, 4.69) is 29.5 Å². The summed E-state index contributed by atoms with van der Waals surface area (Å²) in [5.41, 5.74) is 2.99. The summed E-state index contributed by atoms with van der Waals surface area (Å²) in [6, 6.07) is 13.6. The van der Waals surface area contributed by atoms with E-state index in [1.807, 2.05) is 47.4 Å². The number of Topliss-reactive ketones (excluding diaryl/α,β-unsaturated/α-hetero) is 1. The number of ether oxygens (including phenoxy) is 2. The van der Waals surface area contributed by atoms with E-state index in [1.165, 1.54) is 0 Å². The molecule has 1 aliphatic rings. The predicted molar refractivity (Wildman–Crippen MR) is 117 cm³/mol. The van der Waals surface area contributed by atoms with Crippen LogP contribution in [0.1, 0.15) is 47.2 Å². The van der Waals surface area contributed by atoms with Crippen LogP contribution in [-0.2, 0) is 6.42 Å². The third-order valence-electron chi connectivity index (χ3n) is 4.35. The first-order valence-corrected chi connectivity index (χ1v) is 10.8. The maximum absolute atomic E-state index is 12.9. The number of aryl methyl sites for hydroxylation is 1. The zero-order chi connectivity index (χ0) is 19.5. The van der Waals surface area contributed by atoms with Crippen molar-refractivity contribution in [3.8, 4) is 11.5 Å². The van der Waals surface area contributed by atoms with E-state index in [-0.39, 0.29) is 30.6 Å². The Labute approximate surface area is 189 Å². The predicted octanol–water partition coefficient (Wildman–Crippen LogP) is 2.90. The van der Waals surface area contributed by atoms with Crippen molar-refractivity contribution in [3.63, 3.8) is 0 Å². The molecule has 1 unspecified atom stereocenters. The van der Waals surface area contributed by atoms with Crippen LogP contribution >= 0.6 is 22.6 Å². The van der Waals surface area contributed by atoms with Crippen molar-refractivity contribution in [1.29, 1.82) is 0 Å². The summed E-state index contributed by atoms with van der Waals surface area (Å²) in [4.78, 5) is 14.9. The minimum absolute atomic E-state index is 0. The van der Waals surface area contributed by atoms with Crippen molar-refractivity contribution in [3.05, 3.63) is 66.1 Å². The number of carbonyl (C=O) groups is 1. The van der Waals surface area contributed by atoms with Crippen LogP contribution in [0.25, 0.3) is 0 Å². The van der Waals surface area contributed by atoms with Gasteiger partial charge in [-0.2, -0.15) is 6.92 Å². The summed E-state index contributed by atoms with van der Waals surface area (Å²) in [5, 5.41) is 0. The molecule has 2 aromatic rings. The molecule has 1 aliphatic carbocycles. The van der Waals surface area contributed by atoms with Gasteiger partial charge >= 0.3 is 18.9 Å². The fourth-order valence-electron chi connectivity index (χ4n) is 3.11. The first kappa shape index (κ1) is 26.0. The normalized spacial score (nSPS) is 14.7. The molecule has 0 radical (unpaired) electrons. The zero-order valence-corrected chi connectivity index (χ0v) is 19.2. The average molecular weight is 474 g/mol. The first-order valence-electron chi connectivity index (χ1n) is 8.66. The third-order valence-corrected chi connectivity index (χ3v) is 4.35. The molecule has 0 aliphatic heterocycles. The molecule has 3 nitrogen and oxygen atoms in total. The maximum atomic E-state index is 12.9. The Bertz CT molecular complexity index is 686. The van der Waals surface area contributed by atoms with E-state index < -0.39 is 0 Å². The van der Waals surface area contributed by atoms with Gasteiger partial charge in [0.1, 0.15) is 11.5 Å². The fraction of sp³-hybridized carbons (Fsp3) is 0.364. The quantitative estimate of drug-likeness (QED) is 0.226. The summed E-state index contributed by atoms with van der Waals surface area (Å²) in [7, 11) is 3.30. The van der Waals surface area contributed by atoms with Crippen molar-refractivity contribution in [1.82, 2.24) is 0 Å². The number of carbonyl (C=O) groups excluding carboxylic acids is 1. The van der Waals surface area contributed by atoms with E-state index in [4.69, 9.17) is 9.47 Å². The van der Waals surface area contributed by atoms with Gasteiger partial charge in [-0.15, -0.1) is 0 Å². The van der Waals surface area contributed by atoms with Crippen molar-refractivity contribution in [2.45, 2.75) is 32.1 Å². The first-order chi connectivity index (χ1) is 12.7. The second kappa shape index (κ2) is 14.1. The van der Waals surface area contributed by atoms with E-state index in [9.17, 15) is 4.79 Å². The maximum Gasteiger partial charge on any atom is 1.00 e. The number of methoxy groups -OCH3 is 2. The number of halogens is 1. The molecule has 3 rings (SSSR count). The number of alkyl halides is 1. The van der Waals surface area contributed by atoms with Crippen molar-refractivity contribution in [2.75, 3.05) is 19.2 Å². The standard InChI is InChI=1S/C19H20O3.C2H5.CH3I.Li/c1-21-15-8-6-13(7-9-15)17-5-3-4-14-12-16(22-2)10-11-18(14)19(17)20;2*1-2;/h6-12,17H,3-5H2,1-2H3;1H2,2H3;1H3;/q;-1;;+1. The molecule has 0 spiro atoms. The van der Waals surface area contributed by atoms with Gasteiger partial charge in [0.25, 0.3) is 0 Å². The van der Waals surface area contributed by atoms with Crippen LogP contribution in [-0.4, -0.2) is 24.9 Å². The smallest absolute Gasteiger partial charge is 0.497 e. The van der Waals surface area contributed by atoms with Crippen LogP contribution in [0.4, 0.5) is 0 Å². The number of rotatable bonds is 3. The molecule has 0 fully saturated rings. The Hall–Kier alpha value is -0.963. The van der Waals surface area contributed by atoms with E-state index in [1.54, 1.807) is 21.1 Å². The summed E-state index contributed by atoms with van der Waals surface area (Å²) in [6.45, 7) is 5.00. The number of hydrogen-bond acceptors (Lipinski definition) is 3. The minimum Gasteiger partial charge on any atom is -0.497 e. The van der Waals surface area contributed by atoms with Crippen LogP contribution in [0.2, 0.25) is 0 Å². The fourth-order valence-corrected chi connectivity index (χ4v) is 3.11. The van der Waals surface area contributed by atoms with Crippen LogP contribution in [0.3, 0.4) is 0 Å². The van der Waals surface area contributed by atoms with Crippen molar-refractivity contribution < 1.29 is 33.1 Å². The number of benzene rings is 2. The molecule has 27 heavy (non-hydrogen) atoms. The van der Waals surface area contributed by atoms with Gasteiger partial charge in [0.15, 0.2) is 5.78 Å². The Morgan fingerprint density at radius 1 is 0.963 bits per heavy atom. The molecule has 0 N–H and O–H groups in total. The van der Waals surface area contributed by atoms with E-state index in [0.717, 1.165) is 47.5 Å². The SMILES string of the molecule is CI.COc1ccc(C2CCCc3cc(OC)ccc3C2=O)cc1.[CH2-]C.[Li+]. The molecule has 2 aromatic carbocycles. The molecule has 0 saturated carbocycles. The van der Waals surface area contributed by atoms with Gasteiger partial charge in [-0.1, -0.05) is 34.7 Å². The largest absolute Gasteiger partial charge is 1.00 e. The van der Waals surface area contributed by atoms with E-state index in [0.29, 0.717) is 0 Å². The number of ketones is 1. The van der Waals surface area contributed by atoms with Gasteiger partial charge in [0.05, 0.1) is 14.2 Å². The Kier molecular flexibility index (Phi) is 13.6. The van der Waals surface area contributed by atoms with Gasteiger partial charge in [0, 0.05) is 11.5 Å². The zero-order valence-electron chi connectivity index (χ0n) is 17.0. The van der Waals surface area contributed by atoms with Gasteiger partial charge in [-0.25, -0.2) is 0 Å². The molecule has 0 saturated heterocycles. The second-order valence-electron chi connectivity index (χ2n) is 5.61. The van der Waals surface area contributed by atoms with Crippen LogP contribution < -0.4 is 28.3 Å². The molecule has 5 heteroatoms. The Balaban J connectivity index is 0.00000127. The molecule has 0 heterocycles. The topological polar surface area (TPSA) is 35.5 Å². The minimum atomic E-state index is -0.0689. The van der Waals surface area contributed by atoms with Gasteiger partial charge in [-0.05, 0) is 65.7 Å². The van der Waals surface area contributed by atoms with Gasteiger partial charge < -0.3 is 16.4 Å². The molecule has 0 bridgehead atoms. The summed E-state index contributed by atoms with van der Waals surface area (Å²) in [5.74, 6) is 1.77. The molecule has 142 valence electrons. The molecule has 1 atom stereocenters.